The first-order valence-corrected chi connectivity index (χ1v) is 11.1. The second-order valence-electron chi connectivity index (χ2n) is 6.57. The molecule has 1 N–H and O–H groups in total. The van der Waals surface area contributed by atoms with Crippen LogP contribution >= 0.6 is 23.2 Å². The molecule has 0 radical (unpaired) electrons. The minimum absolute atomic E-state index is 0.178. The van der Waals surface area contributed by atoms with E-state index in [0.717, 1.165) is 5.56 Å². The summed E-state index contributed by atoms with van der Waals surface area (Å²) in [5, 5.41) is 9.72. The Hall–Kier alpha value is -1.84. The summed E-state index contributed by atoms with van der Waals surface area (Å²) in [6.45, 7) is 1.73. The van der Waals surface area contributed by atoms with Gasteiger partial charge in [0.25, 0.3) is 0 Å². The second-order valence-corrected chi connectivity index (χ2v) is 9.38. The number of halogens is 2. The van der Waals surface area contributed by atoms with Crippen LogP contribution in [0.15, 0.2) is 47.4 Å². The number of piperazine rings is 1. The average Bonchev–Trinajstić information content (AvgIpc) is 2.68. The van der Waals surface area contributed by atoms with Gasteiger partial charge in [0, 0.05) is 48.3 Å². The van der Waals surface area contributed by atoms with Crippen molar-refractivity contribution >= 4 is 39.2 Å². The fourth-order valence-corrected chi connectivity index (χ4v) is 5.02. The maximum atomic E-state index is 12.8. The molecule has 1 heterocycles. The summed E-state index contributed by atoms with van der Waals surface area (Å²) >= 11 is 12.0. The van der Waals surface area contributed by atoms with Crippen LogP contribution < -0.4 is 4.74 Å². The van der Waals surface area contributed by atoms with Crippen LogP contribution in [0.2, 0.25) is 10.0 Å². The Balaban J connectivity index is 1.66. The minimum atomic E-state index is -3.60. The lowest BCUT2D eigenvalue weighted by Gasteiger charge is -2.34. The van der Waals surface area contributed by atoms with Crippen molar-refractivity contribution < 1.29 is 23.1 Å². The van der Waals surface area contributed by atoms with Gasteiger partial charge in [-0.05, 0) is 36.4 Å². The van der Waals surface area contributed by atoms with Gasteiger partial charge >= 0.3 is 5.97 Å². The monoisotopic (exact) mass is 458 g/mol. The number of nitrogens with zero attached hydrogens (tertiary/aromatic N) is 2. The molecule has 1 fully saturated rings. The highest BCUT2D eigenvalue weighted by molar-refractivity contribution is 7.89. The molecule has 156 valence electrons. The summed E-state index contributed by atoms with van der Waals surface area (Å²) in [4.78, 5) is 13.0. The molecule has 7 nitrogen and oxygen atoms in total. The molecule has 0 bridgehead atoms. The molecule has 2 aromatic carbocycles. The summed E-state index contributed by atoms with van der Waals surface area (Å²) in [6.07, 6.45) is 0. The standard InChI is InChI=1S/C19H20Cl2N2O5S/c20-15-2-1-3-17(11-15)29(26,27)23-8-6-22(7-9-23)12-14-10-16(21)4-5-18(14)28-13-19(24)25/h1-5,10-11H,6-9,12-13H2,(H,24,25). The number of carboxylic acid groups (broad SMARTS) is 1. The quantitative estimate of drug-likeness (QED) is 0.685. The zero-order valence-corrected chi connectivity index (χ0v) is 17.8. The van der Waals surface area contributed by atoms with Gasteiger partial charge in [-0.3, -0.25) is 4.90 Å². The molecular formula is C19H20Cl2N2O5S. The molecule has 0 saturated carbocycles. The van der Waals surface area contributed by atoms with Crippen LogP contribution in [0.3, 0.4) is 0 Å². The van der Waals surface area contributed by atoms with Crippen LogP contribution in [-0.2, 0) is 21.4 Å². The van der Waals surface area contributed by atoms with Gasteiger partial charge in [0.05, 0.1) is 4.90 Å². The van der Waals surface area contributed by atoms with E-state index in [1.807, 2.05) is 0 Å². The first kappa shape index (κ1) is 21.9. The van der Waals surface area contributed by atoms with Gasteiger partial charge in [-0.1, -0.05) is 29.3 Å². The van der Waals surface area contributed by atoms with Gasteiger partial charge in [-0.2, -0.15) is 4.31 Å². The van der Waals surface area contributed by atoms with Crippen LogP contribution in [0.1, 0.15) is 5.56 Å². The van der Waals surface area contributed by atoms with Crippen molar-refractivity contribution in [3.8, 4) is 5.75 Å². The van der Waals surface area contributed by atoms with Crippen LogP contribution in [0.25, 0.3) is 0 Å². The number of carbonyl (C=O) groups is 1. The largest absolute Gasteiger partial charge is 0.482 e. The van der Waals surface area contributed by atoms with Gasteiger partial charge in [0.1, 0.15) is 5.75 Å². The summed E-state index contributed by atoms with van der Waals surface area (Å²) in [5.74, 6) is -0.614. The maximum Gasteiger partial charge on any atom is 0.341 e. The van der Waals surface area contributed by atoms with Crippen LogP contribution in [0.5, 0.6) is 5.75 Å². The van der Waals surface area contributed by atoms with Crippen molar-refractivity contribution in [3.63, 3.8) is 0 Å². The van der Waals surface area contributed by atoms with Gasteiger partial charge in [-0.15, -0.1) is 0 Å². The molecule has 0 unspecified atom stereocenters. The Kier molecular flexibility index (Phi) is 7.02. The van der Waals surface area contributed by atoms with E-state index in [1.165, 1.54) is 16.4 Å². The normalized spacial score (nSPS) is 15.9. The molecule has 1 aliphatic rings. The van der Waals surface area contributed by atoms with Crippen LogP contribution in [0.4, 0.5) is 0 Å². The molecule has 2 aromatic rings. The molecule has 0 aromatic heterocycles. The molecule has 29 heavy (non-hydrogen) atoms. The third kappa shape index (κ3) is 5.61. The summed E-state index contributed by atoms with van der Waals surface area (Å²) in [6, 6.07) is 11.2. The predicted molar refractivity (Wildman–Crippen MR) is 110 cm³/mol. The number of ether oxygens (including phenoxy) is 1. The first-order chi connectivity index (χ1) is 13.8. The summed E-state index contributed by atoms with van der Waals surface area (Å²) in [5.41, 5.74) is 0.755. The number of hydrogen-bond donors (Lipinski definition) is 1. The number of aliphatic carboxylic acids is 1. The molecule has 10 heteroatoms. The summed E-state index contributed by atoms with van der Waals surface area (Å²) in [7, 11) is -3.60. The number of carboxylic acids is 1. The zero-order chi connectivity index (χ0) is 21.0. The Morgan fingerprint density at radius 1 is 1.03 bits per heavy atom. The van der Waals surface area contributed by atoms with E-state index >= 15 is 0 Å². The van der Waals surface area contributed by atoms with Crippen molar-refractivity contribution in [1.82, 2.24) is 9.21 Å². The van der Waals surface area contributed by atoms with Crippen molar-refractivity contribution in [3.05, 3.63) is 58.1 Å². The fourth-order valence-electron chi connectivity index (χ4n) is 3.10. The first-order valence-electron chi connectivity index (χ1n) is 8.87. The van der Waals surface area contributed by atoms with Crippen LogP contribution in [0, 0.1) is 0 Å². The maximum absolute atomic E-state index is 12.8. The Labute approximate surface area is 179 Å². The lowest BCUT2D eigenvalue weighted by atomic mass is 10.1. The Morgan fingerprint density at radius 2 is 1.72 bits per heavy atom. The Morgan fingerprint density at radius 3 is 2.38 bits per heavy atom. The number of sulfonamides is 1. The fraction of sp³-hybridized carbons (Fsp3) is 0.316. The number of hydrogen-bond acceptors (Lipinski definition) is 5. The van der Waals surface area contributed by atoms with Gasteiger partial charge in [0.15, 0.2) is 6.61 Å². The highest BCUT2D eigenvalue weighted by Gasteiger charge is 2.29. The van der Waals surface area contributed by atoms with Gasteiger partial charge < -0.3 is 9.84 Å². The second kappa shape index (κ2) is 9.32. The number of rotatable bonds is 7. The van der Waals surface area contributed by atoms with E-state index in [0.29, 0.717) is 48.5 Å². The molecule has 0 atom stereocenters. The van der Waals surface area contributed by atoms with E-state index < -0.39 is 22.6 Å². The van der Waals surface area contributed by atoms with E-state index in [2.05, 4.69) is 4.90 Å². The highest BCUT2D eigenvalue weighted by atomic mass is 35.5. The van der Waals surface area contributed by atoms with Crippen molar-refractivity contribution in [2.24, 2.45) is 0 Å². The van der Waals surface area contributed by atoms with Gasteiger partial charge in [0.2, 0.25) is 10.0 Å². The lowest BCUT2D eigenvalue weighted by Crippen LogP contribution is -2.48. The van der Waals surface area contributed by atoms with E-state index in [-0.39, 0.29) is 4.90 Å². The zero-order valence-electron chi connectivity index (χ0n) is 15.4. The predicted octanol–water partition coefficient (Wildman–Crippen LogP) is 2.96. The molecule has 0 amide bonds. The molecule has 0 aliphatic carbocycles. The lowest BCUT2D eigenvalue weighted by molar-refractivity contribution is -0.139. The molecule has 3 rings (SSSR count). The molecule has 1 saturated heterocycles. The van der Waals surface area contributed by atoms with Crippen molar-refractivity contribution in [1.29, 1.82) is 0 Å². The van der Waals surface area contributed by atoms with E-state index in [1.54, 1.807) is 30.3 Å². The molecular weight excluding hydrogens is 439 g/mol. The molecule has 0 spiro atoms. The third-order valence-electron chi connectivity index (χ3n) is 4.53. The smallest absolute Gasteiger partial charge is 0.341 e. The topological polar surface area (TPSA) is 87.2 Å². The van der Waals surface area contributed by atoms with E-state index in [9.17, 15) is 13.2 Å². The van der Waals surface area contributed by atoms with Crippen LogP contribution in [-0.4, -0.2) is 61.5 Å². The van der Waals surface area contributed by atoms with Crippen molar-refractivity contribution in [2.75, 3.05) is 32.8 Å². The summed E-state index contributed by atoms with van der Waals surface area (Å²) < 4.78 is 32.4. The minimum Gasteiger partial charge on any atom is -0.482 e. The van der Waals surface area contributed by atoms with E-state index in [4.69, 9.17) is 33.0 Å². The number of benzene rings is 2. The average molecular weight is 459 g/mol. The SMILES string of the molecule is O=C(O)COc1ccc(Cl)cc1CN1CCN(S(=O)(=O)c2cccc(Cl)c2)CC1. The third-order valence-corrected chi connectivity index (χ3v) is 6.90. The highest BCUT2D eigenvalue weighted by Crippen LogP contribution is 2.26. The Bertz CT molecular complexity index is 992. The van der Waals surface area contributed by atoms with Crippen molar-refractivity contribution in [2.45, 2.75) is 11.4 Å². The molecule has 1 aliphatic heterocycles. The van der Waals surface area contributed by atoms with Gasteiger partial charge in [-0.25, -0.2) is 13.2 Å².